The second-order valence-corrected chi connectivity index (χ2v) is 9.86. The molecule has 0 saturated heterocycles. The highest BCUT2D eigenvalue weighted by Gasteiger charge is 2.09. The highest BCUT2D eigenvalue weighted by Crippen LogP contribution is 2.28. The molecule has 0 aromatic heterocycles. The van der Waals surface area contributed by atoms with E-state index in [1.807, 2.05) is 36.4 Å². The third-order valence-corrected chi connectivity index (χ3v) is 6.31. The molecule has 13 heteroatoms. The molecule has 0 atom stereocenters. The first-order valence-corrected chi connectivity index (χ1v) is 16.2. The Hall–Kier alpha value is -2.40. The Labute approximate surface area is 278 Å². The van der Waals surface area contributed by atoms with E-state index in [-0.39, 0.29) is 26.4 Å². The predicted octanol–water partition coefficient (Wildman–Crippen LogP) is 1.76. The molecule has 0 amide bonds. The van der Waals surface area contributed by atoms with E-state index >= 15 is 0 Å². The summed E-state index contributed by atoms with van der Waals surface area (Å²) in [5, 5.41) is 26.3. The number of hydrogen-bond acceptors (Lipinski definition) is 13. The van der Waals surface area contributed by atoms with E-state index in [1.54, 1.807) is 0 Å². The molecule has 0 aliphatic heterocycles. The normalized spacial score (nSPS) is 11.3. The summed E-state index contributed by atoms with van der Waals surface area (Å²) in [6.07, 6.45) is 0.655. The van der Waals surface area contributed by atoms with Crippen LogP contribution >= 0.6 is 0 Å². The van der Waals surface area contributed by atoms with Crippen molar-refractivity contribution in [2.45, 2.75) is 6.42 Å². The van der Waals surface area contributed by atoms with Crippen molar-refractivity contribution in [2.75, 3.05) is 139 Å². The average Bonchev–Trinajstić information content (AvgIpc) is 3.10. The number of benzene rings is 2. The van der Waals surface area contributed by atoms with E-state index in [0.717, 1.165) is 28.2 Å². The van der Waals surface area contributed by atoms with Gasteiger partial charge in [0.15, 0.2) is 0 Å². The molecule has 47 heavy (non-hydrogen) atoms. The van der Waals surface area contributed by atoms with E-state index in [2.05, 4.69) is 6.07 Å². The summed E-state index contributed by atoms with van der Waals surface area (Å²) >= 11 is 0. The van der Waals surface area contributed by atoms with Crippen LogP contribution in [-0.4, -0.2) is 154 Å². The van der Waals surface area contributed by atoms with Gasteiger partial charge in [-0.2, -0.15) is 0 Å². The summed E-state index contributed by atoms with van der Waals surface area (Å²) in [6, 6.07) is 14.0. The van der Waals surface area contributed by atoms with Gasteiger partial charge in [-0.3, -0.25) is 0 Å². The molecular formula is C34H54O13. The van der Waals surface area contributed by atoms with Gasteiger partial charge in [0.25, 0.3) is 0 Å². The van der Waals surface area contributed by atoms with Crippen LogP contribution in [0.5, 0.6) is 11.5 Å². The Balaban J connectivity index is 1.71. The minimum Gasteiger partial charge on any atom is -0.491 e. The van der Waals surface area contributed by atoms with Crippen LogP contribution in [0.25, 0.3) is 11.1 Å². The number of aliphatic hydroxyl groups excluding tert-OH is 3. The van der Waals surface area contributed by atoms with Crippen LogP contribution in [0.15, 0.2) is 42.5 Å². The molecule has 0 saturated carbocycles. The van der Waals surface area contributed by atoms with Gasteiger partial charge in [0, 0.05) is 0 Å². The number of aliphatic hydroxyl groups is 3. The van der Waals surface area contributed by atoms with Gasteiger partial charge >= 0.3 is 0 Å². The van der Waals surface area contributed by atoms with Gasteiger partial charge < -0.3 is 62.7 Å². The molecule has 3 N–H and O–H groups in total. The fraction of sp³-hybridized carbons (Fsp3) is 0.647. The Morgan fingerprint density at radius 2 is 0.745 bits per heavy atom. The van der Waals surface area contributed by atoms with Crippen LogP contribution in [-0.2, 0) is 44.3 Å². The summed E-state index contributed by atoms with van der Waals surface area (Å²) in [7, 11) is 0. The van der Waals surface area contributed by atoms with Crippen molar-refractivity contribution in [1.82, 2.24) is 0 Å². The minimum absolute atomic E-state index is 0.00341. The molecule has 2 aromatic carbocycles. The van der Waals surface area contributed by atoms with E-state index in [4.69, 9.17) is 62.7 Å². The molecule has 0 unspecified atom stereocenters. The lowest BCUT2D eigenvalue weighted by atomic mass is 10.0. The zero-order chi connectivity index (χ0) is 33.5. The molecule has 268 valence electrons. The highest BCUT2D eigenvalue weighted by molar-refractivity contribution is 5.66. The van der Waals surface area contributed by atoms with Crippen molar-refractivity contribution in [2.24, 2.45) is 0 Å². The largest absolute Gasteiger partial charge is 0.491 e. The van der Waals surface area contributed by atoms with Gasteiger partial charge in [-0.25, -0.2) is 0 Å². The van der Waals surface area contributed by atoms with Gasteiger partial charge in [0.05, 0.1) is 126 Å². The average molecular weight is 671 g/mol. The first-order valence-electron chi connectivity index (χ1n) is 16.2. The van der Waals surface area contributed by atoms with Crippen molar-refractivity contribution >= 4 is 0 Å². The Kier molecular flexibility index (Phi) is 25.8. The first kappa shape index (κ1) is 40.8. The van der Waals surface area contributed by atoms with Gasteiger partial charge in [0.2, 0.25) is 0 Å². The second kappa shape index (κ2) is 29.7. The monoisotopic (exact) mass is 670 g/mol. The predicted molar refractivity (Wildman–Crippen MR) is 174 cm³/mol. The van der Waals surface area contributed by atoms with Crippen LogP contribution < -0.4 is 9.47 Å². The number of hydrogen-bond donors (Lipinski definition) is 3. The third kappa shape index (κ3) is 21.2. The molecule has 0 bridgehead atoms. The van der Waals surface area contributed by atoms with Crippen molar-refractivity contribution in [1.29, 1.82) is 0 Å². The minimum atomic E-state index is -0.0214. The van der Waals surface area contributed by atoms with Crippen LogP contribution in [0.2, 0.25) is 0 Å². The van der Waals surface area contributed by atoms with Gasteiger partial charge in [-0.05, 0) is 47.4 Å². The molecule has 0 spiro atoms. The molecule has 2 aromatic rings. The highest BCUT2D eigenvalue weighted by atomic mass is 16.6. The molecule has 0 heterocycles. The Morgan fingerprint density at radius 3 is 1.21 bits per heavy atom. The van der Waals surface area contributed by atoms with Crippen LogP contribution in [0, 0.1) is 0 Å². The maximum Gasteiger partial charge on any atom is 0.122 e. The molecular weight excluding hydrogens is 616 g/mol. The van der Waals surface area contributed by atoms with Crippen LogP contribution in [0.1, 0.15) is 5.56 Å². The standard InChI is InChI=1S/C34H54O13/c35-8-12-39-16-19-42-18-15-38-11-7-32-29-31(3-6-34(32)47-28-26-41-14-10-37)30-1-4-33(5-2-30)46-27-25-45-24-23-44-22-21-43-20-17-40-13-9-36/h1-6,29,35-37H,7-28H2. The van der Waals surface area contributed by atoms with Gasteiger partial charge in [0.1, 0.15) is 24.7 Å². The molecule has 13 nitrogen and oxygen atoms in total. The topological polar surface area (TPSA) is 153 Å². The molecule has 0 aliphatic carbocycles. The smallest absolute Gasteiger partial charge is 0.122 e. The number of rotatable bonds is 33. The lowest BCUT2D eigenvalue weighted by Crippen LogP contribution is -2.14. The zero-order valence-electron chi connectivity index (χ0n) is 27.5. The SMILES string of the molecule is OCCOCCOCCOCCOCCOc1ccc(-c2ccc(OCCOCCO)c(CCOCCOCCOCCO)c2)cc1. The molecule has 0 aliphatic rings. The fourth-order valence-electron chi connectivity index (χ4n) is 4.05. The quantitative estimate of drug-likeness (QED) is 0.0947. The van der Waals surface area contributed by atoms with Crippen molar-refractivity contribution in [3.63, 3.8) is 0 Å². The Bertz CT molecular complexity index is 977. The first-order chi connectivity index (χ1) is 23.3. The number of ether oxygens (including phenoxy) is 10. The van der Waals surface area contributed by atoms with E-state index in [9.17, 15) is 0 Å². The van der Waals surface area contributed by atoms with E-state index < -0.39 is 0 Å². The van der Waals surface area contributed by atoms with Gasteiger partial charge in [-0.15, -0.1) is 0 Å². The molecule has 0 fully saturated rings. The van der Waals surface area contributed by atoms with E-state index in [0.29, 0.717) is 119 Å². The van der Waals surface area contributed by atoms with Gasteiger partial charge in [-0.1, -0.05) is 18.2 Å². The van der Waals surface area contributed by atoms with Crippen molar-refractivity contribution in [3.05, 3.63) is 48.0 Å². The zero-order valence-corrected chi connectivity index (χ0v) is 27.5. The Morgan fingerprint density at radius 1 is 0.362 bits per heavy atom. The second-order valence-electron chi connectivity index (χ2n) is 9.86. The van der Waals surface area contributed by atoms with E-state index in [1.165, 1.54) is 0 Å². The fourth-order valence-corrected chi connectivity index (χ4v) is 4.05. The summed E-state index contributed by atoms with van der Waals surface area (Å²) in [5.74, 6) is 1.52. The maximum atomic E-state index is 8.91. The lowest BCUT2D eigenvalue weighted by Gasteiger charge is -2.14. The summed E-state index contributed by atoms with van der Waals surface area (Å²) in [5.41, 5.74) is 3.11. The van der Waals surface area contributed by atoms with Crippen LogP contribution in [0.3, 0.4) is 0 Å². The van der Waals surface area contributed by atoms with Crippen LogP contribution in [0.4, 0.5) is 0 Å². The summed E-state index contributed by atoms with van der Waals surface area (Å²) < 4.78 is 55.1. The third-order valence-electron chi connectivity index (χ3n) is 6.31. The summed E-state index contributed by atoms with van der Waals surface area (Å²) in [6.45, 7) is 7.73. The van der Waals surface area contributed by atoms with Crippen molar-refractivity contribution in [3.8, 4) is 22.6 Å². The molecule has 2 rings (SSSR count). The lowest BCUT2D eigenvalue weighted by molar-refractivity contribution is -0.00779. The molecule has 0 radical (unpaired) electrons. The maximum absolute atomic E-state index is 8.91. The van der Waals surface area contributed by atoms with Crippen molar-refractivity contribution < 1.29 is 62.7 Å². The summed E-state index contributed by atoms with van der Waals surface area (Å²) in [4.78, 5) is 0.